The highest BCUT2D eigenvalue weighted by molar-refractivity contribution is 5.78. The Kier molecular flexibility index (Phi) is 4.95. The van der Waals surface area contributed by atoms with Crippen molar-refractivity contribution in [1.29, 1.82) is 0 Å². The summed E-state index contributed by atoms with van der Waals surface area (Å²) in [4.78, 5) is 15.8. The quantitative estimate of drug-likeness (QED) is 0.723. The fourth-order valence-electron chi connectivity index (χ4n) is 1.93. The summed E-state index contributed by atoms with van der Waals surface area (Å²) in [7, 11) is 1.87. The Labute approximate surface area is 105 Å². The van der Waals surface area contributed by atoms with Gasteiger partial charge in [-0.05, 0) is 39.2 Å². The molecule has 0 aliphatic heterocycles. The Hall–Kier alpha value is -0.610. The molecule has 1 amide bonds. The zero-order valence-electron chi connectivity index (χ0n) is 11.6. The maximum Gasteiger partial charge on any atom is 0.236 e. The molecule has 1 aliphatic carbocycles. The molecule has 1 fully saturated rings. The minimum absolute atomic E-state index is 0.156. The molecule has 0 saturated heterocycles. The van der Waals surface area contributed by atoms with Gasteiger partial charge in [-0.3, -0.25) is 9.69 Å². The van der Waals surface area contributed by atoms with E-state index in [9.17, 15) is 9.90 Å². The molecule has 1 rings (SSSR count). The van der Waals surface area contributed by atoms with Gasteiger partial charge in [0.05, 0.1) is 12.1 Å². The van der Waals surface area contributed by atoms with E-state index in [1.54, 1.807) is 13.8 Å². The molecule has 4 nitrogen and oxygen atoms in total. The van der Waals surface area contributed by atoms with E-state index in [1.165, 1.54) is 12.8 Å². The van der Waals surface area contributed by atoms with Gasteiger partial charge in [-0.15, -0.1) is 0 Å². The van der Waals surface area contributed by atoms with E-state index in [0.717, 1.165) is 19.0 Å². The predicted octanol–water partition coefficient (Wildman–Crippen LogP) is 0.948. The molecule has 0 aromatic rings. The van der Waals surface area contributed by atoms with Crippen molar-refractivity contribution in [3.8, 4) is 0 Å². The van der Waals surface area contributed by atoms with E-state index in [4.69, 9.17) is 0 Å². The molecular weight excluding hydrogens is 216 g/mol. The Bertz CT molecular complexity index is 257. The Balaban J connectivity index is 2.35. The second-order valence-corrected chi connectivity index (χ2v) is 5.83. The van der Waals surface area contributed by atoms with Crippen LogP contribution in [0, 0.1) is 5.92 Å². The van der Waals surface area contributed by atoms with Gasteiger partial charge in [-0.1, -0.05) is 6.92 Å². The van der Waals surface area contributed by atoms with Crippen molar-refractivity contribution in [2.24, 2.45) is 5.92 Å². The van der Waals surface area contributed by atoms with Crippen LogP contribution in [0.5, 0.6) is 0 Å². The van der Waals surface area contributed by atoms with Gasteiger partial charge in [0.1, 0.15) is 0 Å². The molecule has 0 aromatic carbocycles. The molecule has 1 aliphatic rings. The third-order valence-electron chi connectivity index (χ3n) is 3.07. The zero-order valence-corrected chi connectivity index (χ0v) is 11.6. The number of rotatable bonds is 7. The van der Waals surface area contributed by atoms with Crippen molar-refractivity contribution in [2.75, 3.05) is 33.2 Å². The Morgan fingerprint density at radius 1 is 1.41 bits per heavy atom. The summed E-state index contributed by atoms with van der Waals surface area (Å²) in [6, 6.07) is 0. The van der Waals surface area contributed by atoms with E-state index in [0.29, 0.717) is 13.1 Å². The van der Waals surface area contributed by atoms with Gasteiger partial charge in [0, 0.05) is 20.1 Å². The molecule has 0 bridgehead atoms. The highest BCUT2D eigenvalue weighted by Crippen LogP contribution is 2.29. The summed E-state index contributed by atoms with van der Waals surface area (Å²) in [5, 5.41) is 9.76. The smallest absolute Gasteiger partial charge is 0.236 e. The lowest BCUT2D eigenvalue weighted by Crippen LogP contribution is -2.44. The molecular formula is C13H26N2O2. The van der Waals surface area contributed by atoms with Crippen molar-refractivity contribution in [1.82, 2.24) is 9.80 Å². The third-order valence-corrected chi connectivity index (χ3v) is 3.07. The van der Waals surface area contributed by atoms with E-state index in [2.05, 4.69) is 0 Å². The van der Waals surface area contributed by atoms with Crippen molar-refractivity contribution in [3.63, 3.8) is 0 Å². The highest BCUT2D eigenvalue weighted by Gasteiger charge is 2.26. The number of likely N-dealkylation sites (N-methyl/N-ethyl adjacent to an activating group) is 2. The first-order valence-electron chi connectivity index (χ1n) is 6.50. The minimum atomic E-state index is -0.745. The average molecular weight is 242 g/mol. The molecule has 100 valence electrons. The van der Waals surface area contributed by atoms with Crippen LogP contribution >= 0.6 is 0 Å². The van der Waals surface area contributed by atoms with Gasteiger partial charge in [0.2, 0.25) is 5.91 Å². The molecule has 0 aromatic heterocycles. The summed E-state index contributed by atoms with van der Waals surface area (Å²) in [6.07, 6.45) is 2.53. The highest BCUT2D eigenvalue weighted by atomic mass is 16.3. The van der Waals surface area contributed by atoms with Gasteiger partial charge in [-0.25, -0.2) is 0 Å². The number of aliphatic hydroxyl groups is 1. The largest absolute Gasteiger partial charge is 0.389 e. The van der Waals surface area contributed by atoms with Crippen LogP contribution < -0.4 is 0 Å². The van der Waals surface area contributed by atoms with E-state index < -0.39 is 5.60 Å². The topological polar surface area (TPSA) is 43.8 Å². The van der Waals surface area contributed by atoms with Gasteiger partial charge < -0.3 is 10.0 Å². The third kappa shape index (κ3) is 6.03. The van der Waals surface area contributed by atoms with Crippen LogP contribution in [0.25, 0.3) is 0 Å². The number of hydrogen-bond acceptors (Lipinski definition) is 3. The van der Waals surface area contributed by atoms with Crippen LogP contribution in [0.2, 0.25) is 0 Å². The maximum absolute atomic E-state index is 12.0. The fourth-order valence-corrected chi connectivity index (χ4v) is 1.93. The van der Waals surface area contributed by atoms with Gasteiger partial charge in [-0.2, -0.15) is 0 Å². The Morgan fingerprint density at radius 3 is 2.41 bits per heavy atom. The van der Waals surface area contributed by atoms with E-state index in [1.807, 2.05) is 23.8 Å². The maximum atomic E-state index is 12.0. The van der Waals surface area contributed by atoms with Gasteiger partial charge in [0.25, 0.3) is 0 Å². The summed E-state index contributed by atoms with van der Waals surface area (Å²) in [5.41, 5.74) is -0.745. The summed E-state index contributed by atoms with van der Waals surface area (Å²) in [6.45, 7) is 8.17. The summed E-state index contributed by atoms with van der Waals surface area (Å²) in [5.74, 6) is 0.885. The van der Waals surface area contributed by atoms with Crippen LogP contribution in [0.4, 0.5) is 0 Å². The molecule has 1 N–H and O–H groups in total. The molecule has 0 heterocycles. The predicted molar refractivity (Wildman–Crippen MR) is 68.8 cm³/mol. The summed E-state index contributed by atoms with van der Waals surface area (Å²) >= 11 is 0. The van der Waals surface area contributed by atoms with E-state index in [-0.39, 0.29) is 5.91 Å². The molecule has 0 radical (unpaired) electrons. The summed E-state index contributed by atoms with van der Waals surface area (Å²) < 4.78 is 0. The number of carbonyl (C=O) groups excluding carboxylic acids is 1. The second kappa shape index (κ2) is 5.83. The minimum Gasteiger partial charge on any atom is -0.389 e. The zero-order chi connectivity index (χ0) is 13.1. The van der Waals surface area contributed by atoms with Gasteiger partial charge >= 0.3 is 0 Å². The SMILES string of the molecule is CCN(CC(=O)N(C)CC1CC1)CC(C)(C)O. The average Bonchev–Trinajstić information content (AvgIpc) is 2.98. The monoisotopic (exact) mass is 242 g/mol. The lowest BCUT2D eigenvalue weighted by Gasteiger charge is -2.29. The lowest BCUT2D eigenvalue weighted by atomic mass is 10.1. The van der Waals surface area contributed by atoms with Crippen molar-refractivity contribution in [3.05, 3.63) is 0 Å². The van der Waals surface area contributed by atoms with E-state index >= 15 is 0 Å². The first-order valence-corrected chi connectivity index (χ1v) is 6.50. The van der Waals surface area contributed by atoms with Crippen molar-refractivity contribution < 1.29 is 9.90 Å². The first-order chi connectivity index (χ1) is 7.81. The standard InChI is InChI=1S/C13H26N2O2/c1-5-15(10-13(2,3)17)9-12(16)14(4)8-11-6-7-11/h11,17H,5-10H2,1-4H3. The lowest BCUT2D eigenvalue weighted by molar-refractivity contribution is -0.131. The number of hydrogen-bond donors (Lipinski definition) is 1. The van der Waals surface area contributed by atoms with Crippen LogP contribution in [-0.2, 0) is 4.79 Å². The second-order valence-electron chi connectivity index (χ2n) is 5.83. The molecule has 17 heavy (non-hydrogen) atoms. The number of carbonyl (C=O) groups is 1. The van der Waals surface area contributed by atoms with Crippen LogP contribution in [0.1, 0.15) is 33.6 Å². The normalized spacial score (nSPS) is 16.4. The van der Waals surface area contributed by atoms with Gasteiger partial charge in [0.15, 0.2) is 0 Å². The molecule has 0 unspecified atom stereocenters. The molecule has 1 saturated carbocycles. The first kappa shape index (κ1) is 14.5. The van der Waals surface area contributed by atoms with Crippen molar-refractivity contribution >= 4 is 5.91 Å². The van der Waals surface area contributed by atoms with Crippen LogP contribution in [-0.4, -0.2) is 59.6 Å². The fraction of sp³-hybridized carbons (Fsp3) is 0.923. The number of amides is 1. The van der Waals surface area contributed by atoms with Crippen LogP contribution in [0.3, 0.4) is 0 Å². The number of nitrogens with zero attached hydrogens (tertiary/aromatic N) is 2. The molecule has 4 heteroatoms. The van der Waals surface area contributed by atoms with Crippen LogP contribution in [0.15, 0.2) is 0 Å². The van der Waals surface area contributed by atoms with Crippen molar-refractivity contribution in [2.45, 2.75) is 39.2 Å². The molecule has 0 atom stereocenters. The Morgan fingerprint density at radius 2 is 2.00 bits per heavy atom. The molecule has 0 spiro atoms.